The maximum Gasteiger partial charge on any atom is 0.193 e. The Balaban J connectivity index is 0.00000385. The van der Waals surface area contributed by atoms with Crippen LogP contribution in [0.3, 0.4) is 0 Å². The van der Waals surface area contributed by atoms with Crippen molar-refractivity contribution in [1.29, 1.82) is 0 Å². The van der Waals surface area contributed by atoms with Gasteiger partial charge in [-0.3, -0.25) is 9.89 Å². The van der Waals surface area contributed by atoms with Gasteiger partial charge in [0.05, 0.1) is 14.2 Å². The fourth-order valence-corrected chi connectivity index (χ4v) is 4.50. The summed E-state index contributed by atoms with van der Waals surface area (Å²) in [5.74, 6) is 3.40. The lowest BCUT2D eigenvalue weighted by Crippen LogP contribution is -2.53. The van der Waals surface area contributed by atoms with Gasteiger partial charge in [0.25, 0.3) is 0 Å². The first kappa shape index (κ1) is 27.9. The topological polar surface area (TPSA) is 55.8 Å². The molecule has 1 aromatic carbocycles. The molecule has 2 saturated heterocycles. The van der Waals surface area contributed by atoms with Crippen LogP contribution in [0.25, 0.3) is 0 Å². The van der Waals surface area contributed by atoms with Crippen LogP contribution in [-0.4, -0.2) is 119 Å². The fraction of sp³-hybridized carbons (Fsp3) is 0.708. The first-order valence-corrected chi connectivity index (χ1v) is 11.8. The molecule has 1 aromatic rings. The highest BCUT2D eigenvalue weighted by molar-refractivity contribution is 14.0. The van der Waals surface area contributed by atoms with E-state index < -0.39 is 0 Å². The number of ether oxygens (including phenoxy) is 2. The van der Waals surface area contributed by atoms with Gasteiger partial charge in [0.2, 0.25) is 0 Å². The zero-order chi connectivity index (χ0) is 22.9. The van der Waals surface area contributed by atoms with E-state index in [-0.39, 0.29) is 24.0 Å². The minimum Gasteiger partial charge on any atom is -0.497 e. The van der Waals surface area contributed by atoms with Gasteiger partial charge >= 0.3 is 0 Å². The zero-order valence-electron chi connectivity index (χ0n) is 21.0. The highest BCUT2D eigenvalue weighted by Gasteiger charge is 2.22. The number of likely N-dealkylation sites (N-methyl/N-ethyl adjacent to an activating group) is 1. The average Bonchev–Trinajstić information content (AvgIpc) is 2.82. The second kappa shape index (κ2) is 14.2. The Labute approximate surface area is 217 Å². The van der Waals surface area contributed by atoms with E-state index in [0.717, 1.165) is 63.3 Å². The molecule has 1 unspecified atom stereocenters. The van der Waals surface area contributed by atoms with E-state index >= 15 is 0 Å². The molecular weight excluding hydrogens is 531 g/mol. The lowest BCUT2D eigenvalue weighted by atomic mass is 10.1. The Kier molecular flexibility index (Phi) is 12.0. The molecule has 0 amide bonds. The number of methoxy groups -OCH3 is 2. The van der Waals surface area contributed by atoms with Gasteiger partial charge in [-0.05, 0) is 31.2 Å². The molecule has 0 aromatic heterocycles. The van der Waals surface area contributed by atoms with E-state index in [4.69, 9.17) is 9.47 Å². The summed E-state index contributed by atoms with van der Waals surface area (Å²) in [7, 11) is 7.53. The van der Waals surface area contributed by atoms with Crippen LogP contribution < -0.4 is 14.8 Å². The second-order valence-electron chi connectivity index (χ2n) is 9.08. The smallest absolute Gasteiger partial charge is 0.193 e. The van der Waals surface area contributed by atoms with Crippen LogP contribution >= 0.6 is 24.0 Å². The van der Waals surface area contributed by atoms with Crippen molar-refractivity contribution in [3.8, 4) is 11.5 Å². The molecule has 1 atom stereocenters. The Hall–Kier alpha value is -1.30. The number of halogens is 1. The van der Waals surface area contributed by atoms with Gasteiger partial charge in [0, 0.05) is 84.6 Å². The van der Waals surface area contributed by atoms with Gasteiger partial charge in [-0.1, -0.05) is 6.92 Å². The van der Waals surface area contributed by atoms with E-state index in [2.05, 4.69) is 49.9 Å². The highest BCUT2D eigenvalue weighted by Crippen LogP contribution is 2.25. The van der Waals surface area contributed by atoms with E-state index in [1.807, 2.05) is 19.2 Å². The Morgan fingerprint density at radius 3 is 2.27 bits per heavy atom. The van der Waals surface area contributed by atoms with Crippen LogP contribution in [0.5, 0.6) is 11.5 Å². The second-order valence-corrected chi connectivity index (χ2v) is 9.08. The number of nitrogens with one attached hydrogen (secondary N) is 1. The quantitative estimate of drug-likeness (QED) is 0.289. The van der Waals surface area contributed by atoms with Crippen molar-refractivity contribution in [3.05, 3.63) is 23.8 Å². The zero-order valence-corrected chi connectivity index (χ0v) is 23.4. The van der Waals surface area contributed by atoms with E-state index in [1.54, 1.807) is 14.2 Å². The summed E-state index contributed by atoms with van der Waals surface area (Å²) in [4.78, 5) is 14.4. The highest BCUT2D eigenvalue weighted by atomic mass is 127. The van der Waals surface area contributed by atoms with E-state index in [1.165, 1.54) is 31.7 Å². The SMILES string of the molecule is CN=C(NCC(C)CN1CCN(C)CC1)N1CCN(Cc2cc(OC)ccc2OC)CC1.I. The molecule has 33 heavy (non-hydrogen) atoms. The van der Waals surface area contributed by atoms with Crippen LogP contribution in [-0.2, 0) is 6.54 Å². The summed E-state index contributed by atoms with van der Waals surface area (Å²) in [5, 5.41) is 3.62. The van der Waals surface area contributed by atoms with Crippen LogP contribution in [0.15, 0.2) is 23.2 Å². The van der Waals surface area contributed by atoms with Crippen LogP contribution in [0, 0.1) is 5.92 Å². The normalized spacial score (nSPS) is 19.7. The first-order chi connectivity index (χ1) is 15.5. The van der Waals surface area contributed by atoms with Crippen molar-refractivity contribution in [2.45, 2.75) is 13.5 Å². The van der Waals surface area contributed by atoms with Crippen LogP contribution in [0.2, 0.25) is 0 Å². The lowest BCUT2D eigenvalue weighted by molar-refractivity contribution is 0.138. The summed E-state index contributed by atoms with van der Waals surface area (Å²) in [6.07, 6.45) is 0. The molecule has 0 saturated carbocycles. The molecule has 9 heteroatoms. The fourth-order valence-electron chi connectivity index (χ4n) is 4.50. The molecule has 1 N–H and O–H groups in total. The number of benzene rings is 1. The first-order valence-electron chi connectivity index (χ1n) is 11.8. The summed E-state index contributed by atoms with van der Waals surface area (Å²) in [5.41, 5.74) is 1.17. The number of piperazine rings is 2. The third kappa shape index (κ3) is 8.45. The van der Waals surface area contributed by atoms with E-state index in [9.17, 15) is 0 Å². The monoisotopic (exact) mass is 574 g/mol. The molecule has 0 radical (unpaired) electrons. The summed E-state index contributed by atoms with van der Waals surface area (Å²) in [6, 6.07) is 6.01. The molecule has 2 fully saturated rings. The number of hydrogen-bond donors (Lipinski definition) is 1. The van der Waals surface area contributed by atoms with Crippen molar-refractivity contribution in [2.75, 3.05) is 93.8 Å². The Bertz CT molecular complexity index is 734. The predicted molar refractivity (Wildman–Crippen MR) is 146 cm³/mol. The third-order valence-corrected chi connectivity index (χ3v) is 6.54. The number of hydrogen-bond acceptors (Lipinski definition) is 6. The molecule has 2 heterocycles. The van der Waals surface area contributed by atoms with Gasteiger partial charge in [-0.15, -0.1) is 24.0 Å². The van der Waals surface area contributed by atoms with Crippen LogP contribution in [0.4, 0.5) is 0 Å². The molecule has 0 bridgehead atoms. The maximum absolute atomic E-state index is 5.55. The van der Waals surface area contributed by atoms with Crippen molar-refractivity contribution in [2.24, 2.45) is 10.9 Å². The standard InChI is InChI=1S/C24H42N6O2.HI/c1-20(18-28-10-8-27(3)9-11-28)17-26-24(25-2)30-14-12-29(13-15-30)19-21-16-22(31-4)6-7-23(21)32-5;/h6-7,16,20H,8-15,17-19H2,1-5H3,(H,25,26);1H. The van der Waals surface area contributed by atoms with Gasteiger partial charge in [-0.25, -0.2) is 0 Å². The lowest BCUT2D eigenvalue weighted by Gasteiger charge is -2.37. The Morgan fingerprint density at radius 2 is 1.67 bits per heavy atom. The van der Waals surface area contributed by atoms with Crippen molar-refractivity contribution in [1.82, 2.24) is 24.9 Å². The molecule has 3 rings (SSSR count). The average molecular weight is 575 g/mol. The summed E-state index contributed by atoms with van der Waals surface area (Å²) < 4.78 is 10.9. The number of guanidine groups is 1. The van der Waals surface area contributed by atoms with Crippen molar-refractivity contribution < 1.29 is 9.47 Å². The molecule has 188 valence electrons. The predicted octanol–water partition coefficient (Wildman–Crippen LogP) is 1.90. The van der Waals surface area contributed by atoms with E-state index in [0.29, 0.717) is 5.92 Å². The van der Waals surface area contributed by atoms with Crippen molar-refractivity contribution in [3.63, 3.8) is 0 Å². The summed E-state index contributed by atoms with van der Waals surface area (Å²) >= 11 is 0. The third-order valence-electron chi connectivity index (χ3n) is 6.54. The minimum atomic E-state index is 0. The molecular formula is C24H43IN6O2. The molecule has 2 aliphatic rings. The number of nitrogens with zero attached hydrogens (tertiary/aromatic N) is 5. The largest absolute Gasteiger partial charge is 0.497 e. The van der Waals surface area contributed by atoms with Crippen LogP contribution in [0.1, 0.15) is 12.5 Å². The minimum absolute atomic E-state index is 0. The van der Waals surface area contributed by atoms with Crippen molar-refractivity contribution >= 4 is 29.9 Å². The maximum atomic E-state index is 5.55. The molecule has 2 aliphatic heterocycles. The molecule has 0 spiro atoms. The molecule has 0 aliphatic carbocycles. The van der Waals surface area contributed by atoms with Gasteiger partial charge in [0.1, 0.15) is 11.5 Å². The summed E-state index contributed by atoms with van der Waals surface area (Å²) in [6.45, 7) is 13.9. The van der Waals surface area contributed by atoms with Gasteiger partial charge in [-0.2, -0.15) is 0 Å². The molecule has 8 nitrogen and oxygen atoms in total. The number of rotatable bonds is 8. The van der Waals surface area contributed by atoms with Gasteiger partial charge < -0.3 is 29.5 Å². The number of aliphatic imine (C=N–C) groups is 1. The van der Waals surface area contributed by atoms with Gasteiger partial charge in [0.15, 0.2) is 5.96 Å². The Morgan fingerprint density at radius 1 is 1.00 bits per heavy atom.